The third-order valence-electron chi connectivity index (χ3n) is 4.36. The lowest BCUT2D eigenvalue weighted by Gasteiger charge is -2.26. The Balaban J connectivity index is 1.83. The van der Waals surface area contributed by atoms with Crippen LogP contribution in [0.2, 0.25) is 5.02 Å². The minimum Gasteiger partial charge on any atom is -0.454 e. The molecule has 1 heterocycles. The van der Waals surface area contributed by atoms with E-state index in [0.29, 0.717) is 18.8 Å². The second-order valence-corrected chi connectivity index (χ2v) is 8.58. The minimum atomic E-state index is -3.87. The van der Waals surface area contributed by atoms with Crippen molar-refractivity contribution in [3.8, 4) is 0 Å². The van der Waals surface area contributed by atoms with Gasteiger partial charge in [0.25, 0.3) is 0 Å². The highest BCUT2D eigenvalue weighted by molar-refractivity contribution is 7.89. The van der Waals surface area contributed by atoms with Gasteiger partial charge in [0, 0.05) is 13.1 Å². The summed E-state index contributed by atoms with van der Waals surface area (Å²) in [5.74, 6) is -1.17. The van der Waals surface area contributed by atoms with E-state index in [1.165, 1.54) is 40.7 Å². The van der Waals surface area contributed by atoms with Crippen molar-refractivity contribution in [2.45, 2.75) is 17.9 Å². The number of sulfonamides is 1. The van der Waals surface area contributed by atoms with Crippen LogP contribution in [0.15, 0.2) is 47.4 Å². The van der Waals surface area contributed by atoms with Gasteiger partial charge in [0.05, 0.1) is 23.8 Å². The quantitative estimate of drug-likeness (QED) is 0.683. The highest BCUT2D eigenvalue weighted by atomic mass is 35.5. The number of benzene rings is 2. The summed E-state index contributed by atoms with van der Waals surface area (Å²) in [4.78, 5) is 12.3. The lowest BCUT2D eigenvalue weighted by atomic mass is 10.1. The number of ether oxygens (including phenoxy) is 2. The molecule has 1 unspecified atom stereocenters. The summed E-state index contributed by atoms with van der Waals surface area (Å²) < 4.78 is 50.9. The number of hydrogen-bond acceptors (Lipinski definition) is 5. The maximum absolute atomic E-state index is 13.4. The molecule has 0 aliphatic carbocycles. The summed E-state index contributed by atoms with van der Waals surface area (Å²) >= 11 is 6.09. The molecule has 28 heavy (non-hydrogen) atoms. The molecule has 0 N–H and O–H groups in total. The van der Waals surface area contributed by atoms with Crippen LogP contribution in [0.25, 0.3) is 0 Å². The summed E-state index contributed by atoms with van der Waals surface area (Å²) in [7, 11) is -3.87. The number of carbonyl (C=O) groups is 1. The van der Waals surface area contributed by atoms with Gasteiger partial charge in [-0.05, 0) is 42.8 Å². The average Bonchev–Trinajstić information content (AvgIpc) is 2.68. The first-order valence-electron chi connectivity index (χ1n) is 8.63. The van der Waals surface area contributed by atoms with Crippen LogP contribution in [0.3, 0.4) is 0 Å². The third-order valence-corrected chi connectivity index (χ3v) is 6.74. The molecule has 2 aromatic carbocycles. The number of rotatable bonds is 5. The van der Waals surface area contributed by atoms with Crippen molar-refractivity contribution in [3.63, 3.8) is 0 Å². The largest absolute Gasteiger partial charge is 0.454 e. The Morgan fingerprint density at radius 2 is 1.93 bits per heavy atom. The molecule has 1 aliphatic heterocycles. The van der Waals surface area contributed by atoms with Crippen LogP contribution in [0.4, 0.5) is 4.39 Å². The van der Waals surface area contributed by atoms with Crippen LogP contribution < -0.4 is 0 Å². The summed E-state index contributed by atoms with van der Waals surface area (Å²) in [6.07, 6.45) is -0.710. The number of hydrogen-bond donors (Lipinski definition) is 0. The molecule has 0 amide bonds. The SMILES string of the molecule is CC(OC(=O)c1ccc(Cl)c(S(=O)(=O)N2CCOCC2)c1)c1cccc(F)c1. The number of morpholine rings is 1. The fourth-order valence-electron chi connectivity index (χ4n) is 2.81. The normalized spacial score (nSPS) is 16.5. The predicted molar refractivity (Wildman–Crippen MR) is 101 cm³/mol. The summed E-state index contributed by atoms with van der Waals surface area (Å²) in [5.41, 5.74) is 0.531. The van der Waals surface area contributed by atoms with E-state index in [1.54, 1.807) is 13.0 Å². The minimum absolute atomic E-state index is 0.0150. The first-order valence-corrected chi connectivity index (χ1v) is 10.4. The first-order chi connectivity index (χ1) is 13.3. The molecule has 1 aliphatic rings. The Labute approximate surface area is 167 Å². The van der Waals surface area contributed by atoms with Crippen LogP contribution in [0.1, 0.15) is 28.9 Å². The molecule has 0 bridgehead atoms. The van der Waals surface area contributed by atoms with Gasteiger partial charge in [-0.15, -0.1) is 0 Å². The van der Waals surface area contributed by atoms with E-state index >= 15 is 0 Å². The van der Waals surface area contributed by atoms with Gasteiger partial charge >= 0.3 is 5.97 Å². The van der Waals surface area contributed by atoms with Crippen molar-refractivity contribution in [1.29, 1.82) is 0 Å². The molecule has 150 valence electrons. The van der Waals surface area contributed by atoms with Crippen molar-refractivity contribution in [2.75, 3.05) is 26.3 Å². The Bertz CT molecular complexity index is 976. The van der Waals surface area contributed by atoms with E-state index < -0.39 is 27.9 Å². The van der Waals surface area contributed by atoms with Crippen LogP contribution in [0, 0.1) is 5.82 Å². The summed E-state index contributed by atoms with van der Waals surface area (Å²) in [6.45, 7) is 2.62. The topological polar surface area (TPSA) is 72.9 Å². The highest BCUT2D eigenvalue weighted by Crippen LogP contribution is 2.28. The number of carbonyl (C=O) groups excluding carboxylic acids is 1. The van der Waals surface area contributed by atoms with Crippen LogP contribution >= 0.6 is 11.6 Å². The van der Waals surface area contributed by atoms with E-state index in [-0.39, 0.29) is 28.6 Å². The molecule has 0 radical (unpaired) electrons. The number of halogens is 2. The van der Waals surface area contributed by atoms with Gasteiger partial charge in [0.1, 0.15) is 16.8 Å². The standard InChI is InChI=1S/C19H19ClFNO5S/c1-13(14-3-2-4-16(21)11-14)27-19(23)15-5-6-17(20)18(12-15)28(24,25)22-7-9-26-10-8-22/h2-6,11-13H,7-10H2,1H3. The molecular weight excluding hydrogens is 409 g/mol. The van der Waals surface area contributed by atoms with Gasteiger partial charge in [-0.25, -0.2) is 17.6 Å². The molecule has 1 saturated heterocycles. The average molecular weight is 428 g/mol. The molecule has 3 rings (SSSR count). The Morgan fingerprint density at radius 3 is 2.61 bits per heavy atom. The zero-order valence-electron chi connectivity index (χ0n) is 15.1. The lowest BCUT2D eigenvalue weighted by Crippen LogP contribution is -2.40. The predicted octanol–water partition coefficient (Wildman–Crippen LogP) is 3.42. The van der Waals surface area contributed by atoms with E-state index in [4.69, 9.17) is 21.1 Å². The molecule has 2 aromatic rings. The van der Waals surface area contributed by atoms with Crippen molar-refractivity contribution >= 4 is 27.6 Å². The van der Waals surface area contributed by atoms with Crippen molar-refractivity contribution in [2.24, 2.45) is 0 Å². The van der Waals surface area contributed by atoms with Gasteiger partial charge < -0.3 is 9.47 Å². The van der Waals surface area contributed by atoms with E-state index in [9.17, 15) is 17.6 Å². The molecule has 6 nitrogen and oxygen atoms in total. The van der Waals surface area contributed by atoms with E-state index in [2.05, 4.69) is 0 Å². The van der Waals surface area contributed by atoms with Crippen molar-refractivity contribution in [3.05, 3.63) is 64.4 Å². The summed E-state index contributed by atoms with van der Waals surface area (Å²) in [6, 6.07) is 9.66. The second-order valence-electron chi connectivity index (χ2n) is 6.26. The fraction of sp³-hybridized carbons (Fsp3) is 0.316. The molecule has 0 aromatic heterocycles. The van der Waals surface area contributed by atoms with Crippen LogP contribution in [-0.2, 0) is 19.5 Å². The molecular formula is C19H19ClFNO5S. The monoisotopic (exact) mass is 427 g/mol. The number of nitrogens with zero attached hydrogens (tertiary/aromatic N) is 1. The zero-order chi connectivity index (χ0) is 20.3. The smallest absolute Gasteiger partial charge is 0.338 e. The van der Waals surface area contributed by atoms with Gasteiger partial charge in [-0.2, -0.15) is 4.31 Å². The molecule has 0 spiro atoms. The third kappa shape index (κ3) is 4.52. The number of esters is 1. The van der Waals surface area contributed by atoms with Gasteiger partial charge in [0.2, 0.25) is 10.0 Å². The molecule has 0 saturated carbocycles. The van der Waals surface area contributed by atoms with Crippen LogP contribution in [-0.4, -0.2) is 45.0 Å². The second kappa shape index (κ2) is 8.57. The fourth-order valence-corrected chi connectivity index (χ4v) is 4.72. The van der Waals surface area contributed by atoms with E-state index in [1.807, 2.05) is 0 Å². The first kappa shape index (κ1) is 20.7. The van der Waals surface area contributed by atoms with Crippen molar-refractivity contribution < 1.29 is 27.1 Å². The molecule has 1 fully saturated rings. The lowest BCUT2D eigenvalue weighted by molar-refractivity contribution is 0.0337. The maximum atomic E-state index is 13.4. The molecule has 1 atom stereocenters. The summed E-state index contributed by atoms with van der Waals surface area (Å²) in [5, 5.41) is 0.0150. The zero-order valence-corrected chi connectivity index (χ0v) is 16.7. The van der Waals surface area contributed by atoms with Crippen molar-refractivity contribution in [1.82, 2.24) is 4.31 Å². The Morgan fingerprint density at radius 1 is 1.21 bits per heavy atom. The van der Waals surface area contributed by atoms with Crippen LogP contribution in [0.5, 0.6) is 0 Å². The molecule has 9 heteroatoms. The highest BCUT2D eigenvalue weighted by Gasteiger charge is 2.29. The van der Waals surface area contributed by atoms with Gasteiger partial charge in [0.15, 0.2) is 0 Å². The van der Waals surface area contributed by atoms with E-state index in [0.717, 1.165) is 0 Å². The van der Waals surface area contributed by atoms with Gasteiger partial charge in [-0.3, -0.25) is 0 Å². The van der Waals surface area contributed by atoms with Gasteiger partial charge in [-0.1, -0.05) is 23.7 Å². The Hall–Kier alpha value is -2.00. The maximum Gasteiger partial charge on any atom is 0.338 e. The Kier molecular flexibility index (Phi) is 6.34.